The van der Waals surface area contributed by atoms with Gasteiger partial charge in [-0.05, 0) is 124 Å². The van der Waals surface area contributed by atoms with Crippen LogP contribution in [0.15, 0.2) is 41.0 Å². The van der Waals surface area contributed by atoms with Gasteiger partial charge >= 0.3 is 0 Å². The number of rotatable bonds is 12. The van der Waals surface area contributed by atoms with Crippen molar-refractivity contribution >= 4 is 23.5 Å². The summed E-state index contributed by atoms with van der Waals surface area (Å²) in [5, 5.41) is 24.3. The van der Waals surface area contributed by atoms with Gasteiger partial charge in [0.15, 0.2) is 11.6 Å². The Morgan fingerprint density at radius 2 is 1.63 bits per heavy atom. The predicted octanol–water partition coefficient (Wildman–Crippen LogP) is 7.95. The molecule has 4 aliphatic heterocycles. The minimum atomic E-state index is -1.77. The maximum atomic E-state index is 15.5. The van der Waals surface area contributed by atoms with Crippen LogP contribution < -0.4 is 9.47 Å². The number of ketones is 2. The Morgan fingerprint density at radius 1 is 0.966 bits per heavy atom. The third kappa shape index (κ3) is 9.45. The molecule has 1 aliphatic carbocycles. The Balaban J connectivity index is 1.42. The first kappa shape index (κ1) is 44.8. The quantitative estimate of drug-likeness (QED) is 0.160. The van der Waals surface area contributed by atoms with Crippen LogP contribution in [0, 0.1) is 23.7 Å². The van der Waals surface area contributed by atoms with E-state index in [1.54, 1.807) is 19.9 Å². The average Bonchev–Trinajstić information content (AvgIpc) is 3.19. The molecule has 6 unspecified atom stereocenters. The smallest absolute Gasteiger partial charge is 0.249 e. The highest BCUT2D eigenvalue weighted by Crippen LogP contribution is 2.55. The van der Waals surface area contributed by atoms with E-state index in [1.165, 1.54) is 5.57 Å². The van der Waals surface area contributed by atoms with Crippen molar-refractivity contribution in [1.82, 2.24) is 14.7 Å². The number of carbonyl (C=O) groups is 3. The molecule has 5 aliphatic rings. The molecular weight excluding hydrogens is 743 g/mol. The van der Waals surface area contributed by atoms with E-state index in [0.717, 1.165) is 69.4 Å². The van der Waals surface area contributed by atoms with Crippen molar-refractivity contribution in [3.63, 3.8) is 0 Å². The maximum Gasteiger partial charge on any atom is 0.249 e. The number of likely N-dealkylation sites (tertiary alicyclic amines) is 1. The summed E-state index contributed by atoms with van der Waals surface area (Å²) >= 11 is 0. The largest absolute Gasteiger partial charge is 0.506 e. The zero-order chi connectivity index (χ0) is 43.0. The van der Waals surface area contributed by atoms with Gasteiger partial charge < -0.3 is 29.5 Å². The summed E-state index contributed by atoms with van der Waals surface area (Å²) in [5.74, 6) is -1.43. The lowest BCUT2D eigenvalue weighted by molar-refractivity contribution is -0.150. The maximum absolute atomic E-state index is 15.5. The first-order valence-corrected chi connectivity index (χ1v) is 22.3. The SMILES string of the molecule is CC(C)=CCCC1(C)C=Cc2c(O)c3c(c(CC=C(C)C)c2O1)OC1C(C(C)C)CC(C(=O)C(C)(O)C/C=C(/C)C(=O)N2CCCCC2)[C@@H](N2CCN(C)CC2)C1C3=O. The third-order valence-electron chi connectivity index (χ3n) is 13.7. The van der Waals surface area contributed by atoms with Gasteiger partial charge in [-0.3, -0.25) is 19.3 Å². The van der Waals surface area contributed by atoms with E-state index < -0.39 is 35.2 Å². The number of likely N-dealkylation sites (N-methyl/N-ethyl adjacent to an activating group) is 1. The second-order valence-electron chi connectivity index (χ2n) is 19.5. The Kier molecular flexibility index (Phi) is 13.7. The van der Waals surface area contributed by atoms with Crippen LogP contribution in [0.3, 0.4) is 0 Å². The predicted molar refractivity (Wildman–Crippen MR) is 234 cm³/mol. The molecule has 1 saturated carbocycles. The van der Waals surface area contributed by atoms with Crippen LogP contribution in [-0.2, 0) is 16.0 Å². The standard InChI is InChI=1S/C49H71N3O7/c1-30(2)15-14-20-48(8)21-19-34-41(53)39-42(54)38-40(51-27-25-50(10)26-28-51)37(46(55)49(9,57)22-18-33(7)47(56)52-23-12-11-13-24-52)29-36(32(5)6)45(38)58-44(39)35(43(34)59-48)17-16-31(3)4/h15-16,18-19,21,32,36-38,40,45,53,57H,11-14,17,20,22-29H2,1-10H3/b33-18-/t36?,37?,38?,40-,45?,48?,49?/m1/s1. The molecule has 10 nitrogen and oxygen atoms in total. The number of aromatic hydroxyl groups is 1. The van der Waals surface area contributed by atoms with Gasteiger partial charge in [-0.25, -0.2) is 0 Å². The van der Waals surface area contributed by atoms with Crippen molar-refractivity contribution < 1.29 is 34.1 Å². The molecule has 0 radical (unpaired) electrons. The molecule has 3 fully saturated rings. The molecule has 6 rings (SSSR count). The van der Waals surface area contributed by atoms with E-state index in [-0.39, 0.29) is 47.0 Å². The van der Waals surface area contributed by atoms with Gasteiger partial charge in [0.1, 0.15) is 40.1 Å². The van der Waals surface area contributed by atoms with Gasteiger partial charge in [0.25, 0.3) is 0 Å². The molecule has 1 amide bonds. The van der Waals surface area contributed by atoms with Crippen molar-refractivity contribution in [3.8, 4) is 17.2 Å². The Hall–Kier alpha value is -3.73. The number of amides is 1. The van der Waals surface area contributed by atoms with Gasteiger partial charge in [0, 0.05) is 68.8 Å². The van der Waals surface area contributed by atoms with Gasteiger partial charge in [-0.1, -0.05) is 43.2 Å². The van der Waals surface area contributed by atoms with E-state index in [4.69, 9.17) is 9.47 Å². The number of piperidine rings is 1. The number of benzene rings is 1. The number of nitrogens with zero attached hydrogens (tertiary/aromatic N) is 3. The number of hydrogen-bond donors (Lipinski definition) is 2. The van der Waals surface area contributed by atoms with Crippen molar-refractivity contribution in [2.45, 2.75) is 137 Å². The van der Waals surface area contributed by atoms with E-state index in [0.29, 0.717) is 48.6 Å². The van der Waals surface area contributed by atoms with Crippen LogP contribution in [0.1, 0.15) is 129 Å². The Morgan fingerprint density at radius 3 is 2.25 bits per heavy atom. The highest BCUT2D eigenvalue weighted by atomic mass is 16.5. The number of phenolic OH excluding ortho intramolecular Hbond substituents is 1. The molecule has 7 atom stereocenters. The lowest BCUT2D eigenvalue weighted by Gasteiger charge is -2.54. The van der Waals surface area contributed by atoms with Gasteiger partial charge in [-0.2, -0.15) is 0 Å². The van der Waals surface area contributed by atoms with Crippen LogP contribution in [-0.4, -0.2) is 112 Å². The summed E-state index contributed by atoms with van der Waals surface area (Å²) in [6.07, 6.45) is 14.9. The third-order valence-corrected chi connectivity index (χ3v) is 13.7. The molecule has 10 heteroatoms. The van der Waals surface area contributed by atoms with Crippen LogP contribution in [0.4, 0.5) is 0 Å². The Bertz CT molecular complexity index is 1890. The molecule has 4 heterocycles. The Labute approximate surface area is 353 Å². The fraction of sp³-hybridized carbons (Fsp3) is 0.653. The van der Waals surface area contributed by atoms with Gasteiger partial charge in [0.05, 0.1) is 11.5 Å². The average molecular weight is 814 g/mol. The van der Waals surface area contributed by atoms with Crippen LogP contribution in [0.25, 0.3) is 6.08 Å². The van der Waals surface area contributed by atoms with Crippen LogP contribution in [0.2, 0.25) is 0 Å². The monoisotopic (exact) mass is 814 g/mol. The first-order chi connectivity index (χ1) is 27.8. The summed E-state index contributed by atoms with van der Waals surface area (Å²) in [6.45, 7) is 22.1. The summed E-state index contributed by atoms with van der Waals surface area (Å²) in [5.41, 5.74) is 1.86. The van der Waals surface area contributed by atoms with Gasteiger partial charge in [0.2, 0.25) is 5.91 Å². The fourth-order valence-corrected chi connectivity index (χ4v) is 10.0. The van der Waals surface area contributed by atoms with Crippen molar-refractivity contribution in [3.05, 3.63) is 57.7 Å². The van der Waals surface area contributed by atoms with Crippen LogP contribution in [0.5, 0.6) is 17.2 Å². The number of carbonyl (C=O) groups excluding carboxylic acids is 3. The van der Waals surface area contributed by atoms with Crippen LogP contribution >= 0.6 is 0 Å². The number of ether oxygens (including phenoxy) is 2. The molecule has 2 N–H and O–H groups in total. The number of fused-ring (bicyclic) bond motifs is 3. The fourth-order valence-electron chi connectivity index (χ4n) is 10.0. The van der Waals surface area contributed by atoms with E-state index in [1.807, 2.05) is 30.9 Å². The van der Waals surface area contributed by atoms with Crippen molar-refractivity contribution in [2.24, 2.45) is 23.7 Å². The van der Waals surface area contributed by atoms with Gasteiger partial charge in [-0.15, -0.1) is 0 Å². The second-order valence-corrected chi connectivity index (χ2v) is 19.5. The zero-order valence-corrected chi connectivity index (χ0v) is 37.5. The normalized spacial score (nSPS) is 28.4. The molecule has 59 heavy (non-hydrogen) atoms. The number of Topliss-reactive ketones (excluding diaryl/α,β-unsaturated/α-hetero) is 2. The van der Waals surface area contributed by atoms with Crippen molar-refractivity contribution in [2.75, 3.05) is 46.3 Å². The van der Waals surface area contributed by atoms with E-state index >= 15 is 9.59 Å². The first-order valence-electron chi connectivity index (χ1n) is 22.3. The summed E-state index contributed by atoms with van der Waals surface area (Å²) < 4.78 is 14.1. The lowest BCUT2D eigenvalue weighted by atomic mass is 9.60. The van der Waals surface area contributed by atoms with E-state index in [2.05, 4.69) is 63.6 Å². The highest BCUT2D eigenvalue weighted by Gasteiger charge is 2.59. The number of aliphatic hydroxyl groups is 1. The molecule has 1 aromatic carbocycles. The molecule has 0 spiro atoms. The molecule has 2 saturated heterocycles. The minimum absolute atomic E-state index is 0.00281. The highest BCUT2D eigenvalue weighted by molar-refractivity contribution is 6.07. The number of phenols is 1. The lowest BCUT2D eigenvalue weighted by Crippen LogP contribution is -2.66. The summed E-state index contributed by atoms with van der Waals surface area (Å²) in [4.78, 5) is 50.2. The number of piperazine rings is 1. The number of allylic oxidation sites excluding steroid dienone is 4. The van der Waals surface area contributed by atoms with Crippen molar-refractivity contribution in [1.29, 1.82) is 0 Å². The van der Waals surface area contributed by atoms with E-state index in [9.17, 15) is 15.0 Å². The molecule has 0 bridgehead atoms. The topological polar surface area (TPSA) is 120 Å². The summed E-state index contributed by atoms with van der Waals surface area (Å²) in [7, 11) is 2.07. The summed E-state index contributed by atoms with van der Waals surface area (Å²) in [6, 6.07) is -0.565. The minimum Gasteiger partial charge on any atom is -0.506 e. The molecule has 324 valence electrons. The number of hydrogen-bond acceptors (Lipinski definition) is 9. The zero-order valence-electron chi connectivity index (χ0n) is 37.5. The molecule has 1 aromatic rings. The second kappa shape index (κ2) is 18.1. The molecule has 0 aromatic heterocycles. The molecular formula is C49H71N3O7.